The molecule has 162 valence electrons. The molecule has 0 saturated heterocycles. The van der Waals surface area contributed by atoms with Gasteiger partial charge in [0.1, 0.15) is 0 Å². The van der Waals surface area contributed by atoms with Crippen LogP contribution in [-0.4, -0.2) is 21.2 Å². The number of aromatic nitrogens is 2. The van der Waals surface area contributed by atoms with Gasteiger partial charge in [0.25, 0.3) is 0 Å². The lowest BCUT2D eigenvalue weighted by molar-refractivity contribution is 0.538. The summed E-state index contributed by atoms with van der Waals surface area (Å²) in [5.74, 6) is -0.112. The molecule has 0 bridgehead atoms. The SMILES string of the molecule is N=C(OC(=N)c1cccc(-c2c3ccccc3n3c2cnc2ccccc23)c1)c1ccccc1. The topological polar surface area (TPSA) is 74.2 Å². The molecule has 0 aliphatic carbocycles. The average Bonchev–Trinajstić information content (AvgIpc) is 3.24. The van der Waals surface area contributed by atoms with Crippen LogP contribution in [0.4, 0.5) is 0 Å². The standard InChI is InChI=1S/C29H20N4O/c30-28(19-9-2-1-3-10-19)34-29(31)21-12-8-11-20(17-21)27-22-13-4-6-15-24(22)33-25-16-7-5-14-23(25)32-18-26(27)33/h1-18,30-31H. The number of hydrogen-bond donors (Lipinski definition) is 2. The maximum atomic E-state index is 8.48. The van der Waals surface area contributed by atoms with E-state index in [-0.39, 0.29) is 11.8 Å². The largest absolute Gasteiger partial charge is 0.421 e. The Morgan fingerprint density at radius 2 is 1.32 bits per heavy atom. The first kappa shape index (κ1) is 19.9. The van der Waals surface area contributed by atoms with Crippen LogP contribution in [0.5, 0.6) is 0 Å². The van der Waals surface area contributed by atoms with Crippen LogP contribution in [0, 0.1) is 10.8 Å². The van der Waals surface area contributed by atoms with Crippen molar-refractivity contribution >= 4 is 39.2 Å². The van der Waals surface area contributed by atoms with Crippen molar-refractivity contribution in [2.24, 2.45) is 0 Å². The van der Waals surface area contributed by atoms with E-state index in [1.165, 1.54) is 0 Å². The fourth-order valence-electron chi connectivity index (χ4n) is 4.46. The molecule has 0 radical (unpaired) electrons. The summed E-state index contributed by atoms with van der Waals surface area (Å²) in [6.07, 6.45) is 1.91. The summed E-state index contributed by atoms with van der Waals surface area (Å²) >= 11 is 0. The highest BCUT2D eigenvalue weighted by molar-refractivity contribution is 6.09. The Hall–Kier alpha value is -4.77. The number of benzene rings is 4. The fourth-order valence-corrected chi connectivity index (χ4v) is 4.46. The minimum Gasteiger partial charge on any atom is -0.421 e. The summed E-state index contributed by atoms with van der Waals surface area (Å²) in [6, 6.07) is 33.3. The average molecular weight is 441 g/mol. The lowest BCUT2D eigenvalue weighted by Gasteiger charge is -2.10. The molecule has 5 nitrogen and oxygen atoms in total. The van der Waals surface area contributed by atoms with Crippen LogP contribution < -0.4 is 0 Å². The molecule has 0 unspecified atom stereocenters. The number of para-hydroxylation sites is 3. The Labute approximate surface area is 195 Å². The van der Waals surface area contributed by atoms with Gasteiger partial charge in [0.05, 0.1) is 28.3 Å². The molecule has 0 fully saturated rings. The van der Waals surface area contributed by atoms with Gasteiger partial charge in [-0.1, -0.05) is 60.7 Å². The zero-order chi connectivity index (χ0) is 23.1. The Kier molecular flexibility index (Phi) is 4.66. The van der Waals surface area contributed by atoms with Crippen molar-refractivity contribution in [2.75, 3.05) is 0 Å². The van der Waals surface area contributed by atoms with Gasteiger partial charge in [-0.3, -0.25) is 15.8 Å². The molecule has 34 heavy (non-hydrogen) atoms. The monoisotopic (exact) mass is 440 g/mol. The molecule has 2 heterocycles. The van der Waals surface area contributed by atoms with Crippen molar-refractivity contribution in [3.05, 3.63) is 120 Å². The second-order valence-electron chi connectivity index (χ2n) is 8.07. The highest BCUT2D eigenvalue weighted by Gasteiger charge is 2.17. The van der Waals surface area contributed by atoms with E-state index in [0.29, 0.717) is 11.1 Å². The third-order valence-corrected chi connectivity index (χ3v) is 6.01. The molecule has 4 aromatic carbocycles. The Morgan fingerprint density at radius 1 is 0.647 bits per heavy atom. The van der Waals surface area contributed by atoms with Crippen LogP contribution in [0.2, 0.25) is 0 Å². The van der Waals surface area contributed by atoms with Gasteiger partial charge in [0, 0.05) is 22.1 Å². The van der Waals surface area contributed by atoms with Gasteiger partial charge in [-0.15, -0.1) is 0 Å². The molecule has 0 spiro atoms. The van der Waals surface area contributed by atoms with Crippen LogP contribution in [-0.2, 0) is 4.74 Å². The first-order valence-electron chi connectivity index (χ1n) is 11.0. The number of nitrogens with zero attached hydrogens (tertiary/aromatic N) is 2. The van der Waals surface area contributed by atoms with E-state index in [9.17, 15) is 0 Å². The van der Waals surface area contributed by atoms with Gasteiger partial charge in [0.15, 0.2) is 0 Å². The highest BCUT2D eigenvalue weighted by Crippen LogP contribution is 2.37. The molecule has 2 N–H and O–H groups in total. The normalized spacial score (nSPS) is 11.2. The zero-order valence-corrected chi connectivity index (χ0v) is 18.2. The number of hydrogen-bond acceptors (Lipinski definition) is 4. The summed E-state index contributed by atoms with van der Waals surface area (Å²) in [5, 5.41) is 17.8. The van der Waals surface area contributed by atoms with E-state index in [2.05, 4.69) is 22.6 Å². The van der Waals surface area contributed by atoms with Gasteiger partial charge in [-0.25, -0.2) is 0 Å². The molecule has 2 aromatic heterocycles. The van der Waals surface area contributed by atoms with E-state index < -0.39 is 0 Å². The van der Waals surface area contributed by atoms with E-state index in [1.54, 1.807) is 12.1 Å². The van der Waals surface area contributed by atoms with E-state index in [0.717, 1.165) is 38.6 Å². The van der Waals surface area contributed by atoms with Gasteiger partial charge in [0.2, 0.25) is 11.8 Å². The summed E-state index contributed by atoms with van der Waals surface area (Å²) in [4.78, 5) is 4.71. The second kappa shape index (κ2) is 7.98. The van der Waals surface area contributed by atoms with Crippen molar-refractivity contribution in [1.29, 1.82) is 10.8 Å². The minimum absolute atomic E-state index is 0.0496. The molecule has 0 aliphatic heterocycles. The van der Waals surface area contributed by atoms with Crippen LogP contribution in [0.1, 0.15) is 11.1 Å². The third kappa shape index (κ3) is 3.22. The number of rotatable bonds is 3. The van der Waals surface area contributed by atoms with Crippen molar-refractivity contribution in [3.8, 4) is 11.1 Å². The smallest absolute Gasteiger partial charge is 0.221 e. The maximum absolute atomic E-state index is 8.48. The van der Waals surface area contributed by atoms with Gasteiger partial charge < -0.3 is 9.14 Å². The molecular formula is C29H20N4O. The summed E-state index contributed by atoms with van der Waals surface area (Å²) in [6.45, 7) is 0. The quantitative estimate of drug-likeness (QED) is 0.238. The number of nitrogens with one attached hydrogen (secondary N) is 2. The lowest BCUT2D eigenvalue weighted by Crippen LogP contribution is -2.12. The van der Waals surface area contributed by atoms with Crippen molar-refractivity contribution in [3.63, 3.8) is 0 Å². The van der Waals surface area contributed by atoms with E-state index in [4.69, 9.17) is 20.5 Å². The van der Waals surface area contributed by atoms with Crippen molar-refractivity contribution in [2.45, 2.75) is 0 Å². The summed E-state index contributed by atoms with van der Waals surface area (Å²) in [5.41, 5.74) is 7.35. The molecule has 6 aromatic rings. The van der Waals surface area contributed by atoms with Crippen molar-refractivity contribution in [1.82, 2.24) is 9.38 Å². The lowest BCUT2D eigenvalue weighted by atomic mass is 10.0. The van der Waals surface area contributed by atoms with Gasteiger partial charge >= 0.3 is 0 Å². The molecular weight excluding hydrogens is 420 g/mol. The van der Waals surface area contributed by atoms with Crippen molar-refractivity contribution < 1.29 is 4.74 Å². The Balaban J connectivity index is 1.48. The number of ether oxygens (including phenoxy) is 1. The summed E-state index contributed by atoms with van der Waals surface area (Å²) in [7, 11) is 0. The third-order valence-electron chi connectivity index (χ3n) is 6.01. The zero-order valence-electron chi connectivity index (χ0n) is 18.2. The first-order valence-corrected chi connectivity index (χ1v) is 11.0. The molecule has 0 amide bonds. The molecule has 0 aliphatic rings. The predicted octanol–water partition coefficient (Wildman–Crippen LogP) is 6.68. The van der Waals surface area contributed by atoms with Gasteiger partial charge in [-0.05, 0) is 48.0 Å². The second-order valence-corrected chi connectivity index (χ2v) is 8.07. The van der Waals surface area contributed by atoms with E-state index in [1.807, 2.05) is 79.0 Å². The van der Waals surface area contributed by atoms with Crippen LogP contribution in [0.25, 0.3) is 38.6 Å². The van der Waals surface area contributed by atoms with Gasteiger partial charge in [-0.2, -0.15) is 0 Å². The fraction of sp³-hybridized carbons (Fsp3) is 0. The Morgan fingerprint density at radius 3 is 2.18 bits per heavy atom. The predicted molar refractivity (Wildman–Crippen MR) is 137 cm³/mol. The Bertz CT molecular complexity index is 1720. The molecule has 0 saturated carbocycles. The highest BCUT2D eigenvalue weighted by atomic mass is 16.5. The van der Waals surface area contributed by atoms with Crippen LogP contribution in [0.3, 0.4) is 0 Å². The molecule has 5 heteroatoms. The van der Waals surface area contributed by atoms with E-state index >= 15 is 0 Å². The first-order chi connectivity index (χ1) is 16.7. The molecule has 6 rings (SSSR count). The number of fused-ring (bicyclic) bond motifs is 5. The van der Waals surface area contributed by atoms with Crippen LogP contribution in [0.15, 0.2) is 109 Å². The molecule has 0 atom stereocenters. The van der Waals surface area contributed by atoms with Crippen LogP contribution >= 0.6 is 0 Å². The maximum Gasteiger partial charge on any atom is 0.221 e. The summed E-state index contributed by atoms with van der Waals surface area (Å²) < 4.78 is 7.82. The minimum atomic E-state index is -0.0629.